The first-order valence-corrected chi connectivity index (χ1v) is 7.64. The number of rotatable bonds is 6. The largest absolute Gasteiger partial charge is 0.479 e. The molecule has 116 valence electrons. The van der Waals surface area contributed by atoms with Crippen LogP contribution in [0, 0.1) is 10.1 Å². The van der Waals surface area contributed by atoms with Gasteiger partial charge < -0.3 is 10.2 Å². The Labute approximate surface area is 127 Å². The number of carboxylic acids is 1. The number of hydrogen-bond acceptors (Lipinski definition) is 6. The van der Waals surface area contributed by atoms with E-state index in [2.05, 4.69) is 15.9 Å². The highest BCUT2D eigenvalue weighted by Gasteiger charge is 2.33. The van der Waals surface area contributed by atoms with Crippen LogP contribution in [0.3, 0.4) is 0 Å². The third-order valence-corrected chi connectivity index (χ3v) is 4.42. The van der Waals surface area contributed by atoms with Crippen LogP contribution in [0.1, 0.15) is 6.92 Å². The highest BCUT2D eigenvalue weighted by molar-refractivity contribution is 9.10. The van der Waals surface area contributed by atoms with Crippen LogP contribution < -0.4 is 4.72 Å². The summed E-state index contributed by atoms with van der Waals surface area (Å²) in [6, 6.07) is 3.29. The molecule has 0 amide bonds. The summed E-state index contributed by atoms with van der Waals surface area (Å²) in [5, 5.41) is 29.0. The van der Waals surface area contributed by atoms with Crippen LogP contribution in [0.2, 0.25) is 0 Å². The standard InChI is InChI=1S/C10H11BrN2O7S/c1-10(16,9(14)15)5-12-21(19,20)8-3-2-6(11)4-7(8)13(17)18/h2-4,12,16H,5H2,1H3,(H,14,15). The van der Waals surface area contributed by atoms with E-state index in [9.17, 15) is 28.4 Å². The van der Waals surface area contributed by atoms with Crippen molar-refractivity contribution in [1.82, 2.24) is 4.72 Å². The molecule has 0 aliphatic heterocycles. The molecule has 0 saturated heterocycles. The molecule has 9 nitrogen and oxygen atoms in total. The molecule has 1 unspecified atom stereocenters. The normalized spacial score (nSPS) is 14.4. The maximum absolute atomic E-state index is 12.0. The Kier molecular flexibility index (Phi) is 5.04. The summed E-state index contributed by atoms with van der Waals surface area (Å²) >= 11 is 2.98. The van der Waals surface area contributed by atoms with Gasteiger partial charge in [-0.2, -0.15) is 0 Å². The van der Waals surface area contributed by atoms with Gasteiger partial charge in [-0.25, -0.2) is 17.9 Å². The fourth-order valence-electron chi connectivity index (χ4n) is 1.25. The molecular weight excluding hydrogens is 372 g/mol. The number of carbonyl (C=O) groups is 1. The highest BCUT2D eigenvalue weighted by atomic mass is 79.9. The van der Waals surface area contributed by atoms with Crippen LogP contribution in [-0.4, -0.2) is 41.7 Å². The van der Waals surface area contributed by atoms with Crippen LogP contribution in [0.5, 0.6) is 0 Å². The molecule has 0 radical (unpaired) electrons. The second kappa shape index (κ2) is 6.05. The Balaban J connectivity index is 3.15. The second-order valence-electron chi connectivity index (χ2n) is 4.27. The van der Waals surface area contributed by atoms with Crippen LogP contribution in [0.4, 0.5) is 5.69 Å². The minimum absolute atomic E-state index is 0.311. The number of aliphatic hydroxyl groups is 1. The zero-order chi connectivity index (χ0) is 16.4. The van der Waals surface area contributed by atoms with Gasteiger partial charge in [-0.1, -0.05) is 15.9 Å². The topological polar surface area (TPSA) is 147 Å². The Morgan fingerprint density at radius 2 is 2.10 bits per heavy atom. The maximum Gasteiger partial charge on any atom is 0.336 e. The minimum Gasteiger partial charge on any atom is -0.479 e. The fraction of sp³-hybridized carbons (Fsp3) is 0.300. The van der Waals surface area contributed by atoms with E-state index in [1.165, 1.54) is 6.07 Å². The summed E-state index contributed by atoms with van der Waals surface area (Å²) in [7, 11) is -4.36. The van der Waals surface area contributed by atoms with Gasteiger partial charge >= 0.3 is 5.97 Å². The number of aliphatic carboxylic acids is 1. The first-order chi connectivity index (χ1) is 9.47. The number of benzene rings is 1. The molecule has 0 spiro atoms. The number of sulfonamides is 1. The molecule has 0 aliphatic rings. The zero-order valence-corrected chi connectivity index (χ0v) is 13.0. The monoisotopic (exact) mass is 382 g/mol. The van der Waals surface area contributed by atoms with Gasteiger partial charge in [0.1, 0.15) is 0 Å². The van der Waals surface area contributed by atoms with E-state index in [-0.39, 0.29) is 0 Å². The van der Waals surface area contributed by atoms with E-state index < -0.39 is 43.6 Å². The minimum atomic E-state index is -4.36. The Hall–Kier alpha value is -1.56. The third kappa shape index (κ3) is 4.20. The van der Waals surface area contributed by atoms with Crippen molar-refractivity contribution in [1.29, 1.82) is 0 Å². The number of nitrogens with zero attached hydrogens (tertiary/aromatic N) is 1. The van der Waals surface area contributed by atoms with Crippen molar-refractivity contribution in [3.63, 3.8) is 0 Å². The lowest BCUT2D eigenvalue weighted by molar-refractivity contribution is -0.387. The van der Waals surface area contributed by atoms with Gasteiger partial charge in [0.25, 0.3) is 5.69 Å². The van der Waals surface area contributed by atoms with Gasteiger partial charge in [-0.3, -0.25) is 10.1 Å². The maximum atomic E-state index is 12.0. The van der Waals surface area contributed by atoms with Crippen molar-refractivity contribution in [3.05, 3.63) is 32.8 Å². The first-order valence-electron chi connectivity index (χ1n) is 5.37. The fourth-order valence-corrected chi connectivity index (χ4v) is 2.88. The molecule has 0 aliphatic carbocycles. The van der Waals surface area contributed by atoms with Gasteiger partial charge in [0.05, 0.1) is 11.5 Å². The van der Waals surface area contributed by atoms with E-state index in [1.807, 2.05) is 4.72 Å². The number of nitro groups is 1. The average Bonchev–Trinajstić information content (AvgIpc) is 2.36. The lowest BCUT2D eigenvalue weighted by atomic mass is 10.1. The molecule has 1 atom stereocenters. The predicted octanol–water partition coefficient (Wildman–Crippen LogP) is 0.471. The average molecular weight is 383 g/mol. The van der Waals surface area contributed by atoms with Crippen LogP contribution in [0.25, 0.3) is 0 Å². The molecule has 0 heterocycles. The number of halogens is 1. The summed E-state index contributed by atoms with van der Waals surface area (Å²) < 4.78 is 26.2. The van der Waals surface area contributed by atoms with E-state index in [1.54, 1.807) is 0 Å². The molecule has 0 aromatic heterocycles. The van der Waals surface area contributed by atoms with E-state index in [0.29, 0.717) is 4.47 Å². The molecule has 3 N–H and O–H groups in total. The van der Waals surface area contributed by atoms with Gasteiger partial charge in [0.2, 0.25) is 10.0 Å². The van der Waals surface area contributed by atoms with E-state index in [0.717, 1.165) is 19.1 Å². The molecule has 1 rings (SSSR count). The molecule has 0 fully saturated rings. The predicted molar refractivity (Wildman–Crippen MR) is 74.2 cm³/mol. The van der Waals surface area contributed by atoms with Gasteiger partial charge in [-0.05, 0) is 19.1 Å². The van der Waals surface area contributed by atoms with Crippen molar-refractivity contribution < 1.29 is 28.3 Å². The van der Waals surface area contributed by atoms with Gasteiger partial charge in [-0.15, -0.1) is 0 Å². The molecule has 0 bridgehead atoms. The molecule has 0 saturated carbocycles. The smallest absolute Gasteiger partial charge is 0.336 e. The van der Waals surface area contributed by atoms with Gasteiger partial charge in [0.15, 0.2) is 10.5 Å². The summed E-state index contributed by atoms with van der Waals surface area (Å²) in [6.45, 7) is 0.0612. The van der Waals surface area contributed by atoms with Gasteiger partial charge in [0, 0.05) is 10.5 Å². The summed E-state index contributed by atoms with van der Waals surface area (Å²) in [4.78, 5) is 20.1. The van der Waals surface area contributed by atoms with Crippen molar-refractivity contribution in [3.8, 4) is 0 Å². The summed E-state index contributed by atoms with van der Waals surface area (Å²) in [6.07, 6.45) is 0. The third-order valence-electron chi connectivity index (χ3n) is 2.47. The summed E-state index contributed by atoms with van der Waals surface area (Å²) in [5.41, 5.74) is -3.01. The van der Waals surface area contributed by atoms with Crippen LogP contribution in [-0.2, 0) is 14.8 Å². The van der Waals surface area contributed by atoms with Crippen molar-refractivity contribution in [2.75, 3.05) is 6.54 Å². The molecule has 21 heavy (non-hydrogen) atoms. The lowest BCUT2D eigenvalue weighted by Gasteiger charge is -2.18. The molecule has 11 heteroatoms. The van der Waals surface area contributed by atoms with Crippen LogP contribution >= 0.6 is 15.9 Å². The Bertz CT molecular complexity index is 687. The Morgan fingerprint density at radius 3 is 2.57 bits per heavy atom. The zero-order valence-electron chi connectivity index (χ0n) is 10.6. The lowest BCUT2D eigenvalue weighted by Crippen LogP contribution is -2.46. The molecule has 1 aromatic rings. The molecular formula is C10H11BrN2O7S. The molecule has 1 aromatic carbocycles. The highest BCUT2D eigenvalue weighted by Crippen LogP contribution is 2.27. The number of nitrogens with one attached hydrogen (secondary N) is 1. The van der Waals surface area contributed by atoms with Crippen molar-refractivity contribution >= 4 is 37.6 Å². The number of hydrogen-bond donors (Lipinski definition) is 3. The van der Waals surface area contributed by atoms with Crippen molar-refractivity contribution in [2.45, 2.75) is 17.4 Å². The van der Waals surface area contributed by atoms with Crippen LogP contribution in [0.15, 0.2) is 27.6 Å². The number of carboxylic acid groups (broad SMARTS) is 1. The van der Waals surface area contributed by atoms with E-state index in [4.69, 9.17) is 5.11 Å². The van der Waals surface area contributed by atoms with E-state index >= 15 is 0 Å². The summed E-state index contributed by atoms with van der Waals surface area (Å²) in [5.74, 6) is -1.63. The quantitative estimate of drug-likeness (QED) is 0.478. The first kappa shape index (κ1) is 17.5. The Morgan fingerprint density at radius 1 is 1.52 bits per heavy atom. The number of nitro benzene ring substituents is 1. The SMILES string of the molecule is CC(O)(CNS(=O)(=O)c1ccc(Br)cc1[N+](=O)[O-])C(=O)O. The van der Waals surface area contributed by atoms with Crippen molar-refractivity contribution in [2.24, 2.45) is 0 Å². The second-order valence-corrected chi connectivity index (χ2v) is 6.92.